The molecule has 2 saturated heterocycles. The number of anilines is 1. The van der Waals surface area contributed by atoms with E-state index in [9.17, 15) is 4.79 Å². The fraction of sp³-hybridized carbons (Fsp3) is 0.522. The van der Waals surface area contributed by atoms with Crippen LogP contribution in [0.5, 0.6) is 0 Å². The van der Waals surface area contributed by atoms with Gasteiger partial charge in [0.2, 0.25) is 5.95 Å². The third kappa shape index (κ3) is 5.53. The molecule has 0 aliphatic carbocycles. The summed E-state index contributed by atoms with van der Waals surface area (Å²) in [5.41, 5.74) is 1.57. The lowest BCUT2D eigenvalue weighted by Crippen LogP contribution is -2.49. The lowest BCUT2D eigenvalue weighted by molar-refractivity contribution is 0.0840. The average molecular weight is 443 g/mol. The molecule has 1 aromatic carbocycles. The van der Waals surface area contributed by atoms with Crippen LogP contribution in [-0.2, 0) is 0 Å². The summed E-state index contributed by atoms with van der Waals surface area (Å²) in [6, 6.07) is 10.9. The highest BCUT2D eigenvalue weighted by molar-refractivity contribution is 6.33. The van der Waals surface area contributed by atoms with Crippen LogP contribution >= 0.6 is 11.6 Å². The molecule has 2 aromatic rings. The zero-order valence-electron chi connectivity index (χ0n) is 18.1. The fourth-order valence-electron chi connectivity index (χ4n) is 4.38. The van der Waals surface area contributed by atoms with Crippen LogP contribution in [0.15, 0.2) is 36.5 Å². The van der Waals surface area contributed by atoms with Crippen LogP contribution in [-0.4, -0.2) is 78.5 Å². The van der Waals surface area contributed by atoms with Crippen LogP contribution < -0.4 is 10.2 Å². The first-order valence-corrected chi connectivity index (χ1v) is 11.5. The smallest absolute Gasteiger partial charge is 0.271 e. The van der Waals surface area contributed by atoms with E-state index in [1.807, 2.05) is 6.07 Å². The van der Waals surface area contributed by atoms with Gasteiger partial charge in [0.05, 0.1) is 11.2 Å². The van der Waals surface area contributed by atoms with Crippen molar-refractivity contribution in [2.75, 3.05) is 57.8 Å². The van der Waals surface area contributed by atoms with E-state index in [1.165, 1.54) is 12.0 Å². The summed E-state index contributed by atoms with van der Waals surface area (Å²) in [4.78, 5) is 28.6. The minimum absolute atomic E-state index is 0.240. The number of hydrogen-bond acceptors (Lipinski definition) is 6. The van der Waals surface area contributed by atoms with Gasteiger partial charge in [0.25, 0.3) is 5.91 Å². The van der Waals surface area contributed by atoms with Crippen LogP contribution in [0.4, 0.5) is 5.95 Å². The molecule has 1 unspecified atom stereocenters. The Labute approximate surface area is 189 Å². The van der Waals surface area contributed by atoms with Gasteiger partial charge in [-0.25, -0.2) is 9.97 Å². The molecule has 0 saturated carbocycles. The van der Waals surface area contributed by atoms with E-state index in [4.69, 9.17) is 11.6 Å². The second-order valence-electron chi connectivity index (χ2n) is 8.39. The van der Waals surface area contributed by atoms with Crippen LogP contribution in [0.2, 0.25) is 5.02 Å². The first-order chi connectivity index (χ1) is 15.1. The molecular weight excluding hydrogens is 412 g/mol. The molecule has 3 heterocycles. The topological polar surface area (TPSA) is 64.6 Å². The number of likely N-dealkylation sites (N-methyl/N-ethyl adjacent to an activating group) is 1. The Morgan fingerprint density at radius 2 is 1.90 bits per heavy atom. The maximum absolute atomic E-state index is 12.8. The number of halogens is 1. The molecule has 8 heteroatoms. The van der Waals surface area contributed by atoms with Crippen LogP contribution in [0.3, 0.4) is 0 Å². The molecule has 2 fully saturated rings. The summed E-state index contributed by atoms with van der Waals surface area (Å²) in [6.07, 6.45) is 5.02. The second kappa shape index (κ2) is 10.4. The number of carbonyl (C=O) groups excluding carboxylic acids is 1. The first kappa shape index (κ1) is 22.0. The largest absolute Gasteiger partial charge is 0.349 e. The van der Waals surface area contributed by atoms with E-state index in [2.05, 4.69) is 61.3 Å². The second-order valence-corrected chi connectivity index (χ2v) is 8.80. The lowest BCUT2D eigenvalue weighted by atomic mass is 10.0. The molecule has 1 aromatic heterocycles. The normalized spacial score (nSPS) is 20.6. The van der Waals surface area contributed by atoms with Crippen LogP contribution in [0.25, 0.3) is 0 Å². The van der Waals surface area contributed by atoms with Crippen molar-refractivity contribution in [2.45, 2.75) is 25.3 Å². The predicted molar refractivity (Wildman–Crippen MR) is 124 cm³/mol. The van der Waals surface area contributed by atoms with Crippen molar-refractivity contribution in [1.82, 2.24) is 25.1 Å². The summed E-state index contributed by atoms with van der Waals surface area (Å²) in [5.74, 6) is 0.355. The number of piperazine rings is 1. The Morgan fingerprint density at radius 1 is 1.13 bits per heavy atom. The van der Waals surface area contributed by atoms with Crippen molar-refractivity contribution in [1.29, 1.82) is 0 Å². The van der Waals surface area contributed by atoms with E-state index in [1.54, 1.807) is 6.20 Å². The van der Waals surface area contributed by atoms with Crippen molar-refractivity contribution < 1.29 is 4.79 Å². The Hall–Kier alpha value is -2.22. The number of amides is 1. The molecule has 1 N–H and O–H groups in total. The average Bonchev–Trinajstić information content (AvgIpc) is 2.81. The van der Waals surface area contributed by atoms with Gasteiger partial charge in [0, 0.05) is 51.9 Å². The Kier molecular flexibility index (Phi) is 7.37. The molecule has 0 bridgehead atoms. The first-order valence-electron chi connectivity index (χ1n) is 11.1. The number of nitrogens with zero attached hydrogens (tertiary/aromatic N) is 5. The molecule has 4 rings (SSSR count). The summed E-state index contributed by atoms with van der Waals surface area (Å²) in [6.45, 7) is 6.15. The van der Waals surface area contributed by atoms with E-state index in [0.717, 1.165) is 52.1 Å². The minimum Gasteiger partial charge on any atom is -0.349 e. The highest BCUT2D eigenvalue weighted by Gasteiger charge is 2.26. The molecule has 7 nitrogen and oxygen atoms in total. The SMILES string of the molecule is CN1CCN(CCNC(=O)c2nc(N3CCCCC3)ncc2Cl)C(c2ccccc2)C1. The predicted octanol–water partition coefficient (Wildman–Crippen LogP) is 2.84. The Balaban J connectivity index is 1.37. The third-order valence-electron chi connectivity index (χ3n) is 6.15. The minimum atomic E-state index is -0.240. The van der Waals surface area contributed by atoms with Crippen LogP contribution in [0.1, 0.15) is 41.4 Å². The third-order valence-corrected chi connectivity index (χ3v) is 6.43. The number of carbonyl (C=O) groups is 1. The zero-order chi connectivity index (χ0) is 21.6. The highest BCUT2D eigenvalue weighted by Crippen LogP contribution is 2.24. The van der Waals surface area contributed by atoms with Gasteiger partial charge in [0.1, 0.15) is 0 Å². The molecule has 1 atom stereocenters. The summed E-state index contributed by atoms with van der Waals surface area (Å²) in [5, 5.41) is 3.30. The summed E-state index contributed by atoms with van der Waals surface area (Å²) < 4.78 is 0. The zero-order valence-corrected chi connectivity index (χ0v) is 18.9. The van der Waals surface area contributed by atoms with Gasteiger partial charge < -0.3 is 15.1 Å². The lowest BCUT2D eigenvalue weighted by Gasteiger charge is -2.40. The summed E-state index contributed by atoms with van der Waals surface area (Å²) in [7, 11) is 2.16. The van der Waals surface area contributed by atoms with Crippen LogP contribution in [0, 0.1) is 0 Å². The van der Waals surface area contributed by atoms with Crippen molar-refractivity contribution in [3.8, 4) is 0 Å². The number of piperidine rings is 1. The number of rotatable bonds is 6. The standard InChI is InChI=1S/C23H31ClN6O/c1-28-14-15-29(20(17-28)18-8-4-2-5-9-18)13-10-25-22(31)21-19(24)16-26-23(27-21)30-11-6-3-7-12-30/h2,4-5,8-9,16,20H,3,6-7,10-15,17H2,1H3,(H,25,31). The number of aromatic nitrogens is 2. The van der Waals surface area contributed by atoms with Gasteiger partial charge in [-0.15, -0.1) is 0 Å². The fourth-order valence-corrected chi connectivity index (χ4v) is 4.55. The van der Waals surface area contributed by atoms with Gasteiger partial charge >= 0.3 is 0 Å². The van der Waals surface area contributed by atoms with E-state index in [0.29, 0.717) is 23.6 Å². The van der Waals surface area contributed by atoms with Gasteiger partial charge in [-0.1, -0.05) is 41.9 Å². The number of hydrogen-bond donors (Lipinski definition) is 1. The Bertz CT molecular complexity index is 874. The van der Waals surface area contributed by atoms with E-state index in [-0.39, 0.29) is 11.6 Å². The Morgan fingerprint density at radius 3 is 2.68 bits per heavy atom. The van der Waals surface area contributed by atoms with Gasteiger partial charge in [-0.2, -0.15) is 0 Å². The molecular formula is C23H31ClN6O. The maximum atomic E-state index is 12.8. The molecule has 0 spiro atoms. The van der Waals surface area contributed by atoms with E-state index >= 15 is 0 Å². The highest BCUT2D eigenvalue weighted by atomic mass is 35.5. The van der Waals surface area contributed by atoms with Crippen molar-refractivity contribution in [3.05, 3.63) is 52.8 Å². The quantitative estimate of drug-likeness (QED) is 0.742. The molecule has 31 heavy (non-hydrogen) atoms. The number of benzene rings is 1. The van der Waals surface area contributed by atoms with Gasteiger partial charge in [0.15, 0.2) is 5.69 Å². The van der Waals surface area contributed by atoms with E-state index < -0.39 is 0 Å². The van der Waals surface area contributed by atoms with Crippen molar-refractivity contribution in [2.24, 2.45) is 0 Å². The number of nitrogens with one attached hydrogen (secondary N) is 1. The van der Waals surface area contributed by atoms with Crippen molar-refractivity contribution in [3.63, 3.8) is 0 Å². The molecule has 1 amide bonds. The van der Waals surface area contributed by atoms with Crippen molar-refractivity contribution >= 4 is 23.5 Å². The maximum Gasteiger partial charge on any atom is 0.271 e. The van der Waals surface area contributed by atoms with Gasteiger partial charge in [-0.3, -0.25) is 9.69 Å². The molecule has 2 aliphatic rings. The monoisotopic (exact) mass is 442 g/mol. The molecule has 0 radical (unpaired) electrons. The summed E-state index contributed by atoms with van der Waals surface area (Å²) >= 11 is 6.26. The molecule has 166 valence electrons. The molecule has 2 aliphatic heterocycles. The van der Waals surface area contributed by atoms with Gasteiger partial charge in [-0.05, 0) is 31.9 Å².